The van der Waals surface area contributed by atoms with Crippen molar-refractivity contribution in [1.82, 2.24) is 10.2 Å². The van der Waals surface area contributed by atoms with E-state index in [1.165, 1.54) is 44.5 Å². The molecule has 4 unspecified atom stereocenters. The van der Waals surface area contributed by atoms with Crippen LogP contribution < -0.4 is 5.32 Å². The van der Waals surface area contributed by atoms with Gasteiger partial charge in [-0.1, -0.05) is 6.92 Å². The molecule has 0 bridgehead atoms. The molecular weight excluding hydrogens is 204 g/mol. The summed E-state index contributed by atoms with van der Waals surface area (Å²) in [6.45, 7) is 5.07. The lowest BCUT2D eigenvalue weighted by atomic mass is 10.0. The Labute approximate surface area is 97.2 Å². The molecule has 3 fully saturated rings. The summed E-state index contributed by atoms with van der Waals surface area (Å²) in [6.07, 6.45) is 5.64. The van der Waals surface area contributed by atoms with Gasteiger partial charge in [0.2, 0.25) is 0 Å². The van der Waals surface area contributed by atoms with Gasteiger partial charge in [-0.15, -0.1) is 0 Å². The molecule has 0 spiro atoms. The minimum absolute atomic E-state index is 0.801. The minimum atomic E-state index is 0.801. The highest BCUT2D eigenvalue weighted by molar-refractivity contribution is 8.00. The van der Waals surface area contributed by atoms with Crippen LogP contribution in [0.1, 0.15) is 32.6 Å². The fourth-order valence-electron chi connectivity index (χ4n) is 3.51. The second-order valence-electron chi connectivity index (χ2n) is 5.38. The van der Waals surface area contributed by atoms with Crippen LogP contribution in [0.25, 0.3) is 0 Å². The van der Waals surface area contributed by atoms with E-state index in [4.69, 9.17) is 0 Å². The molecule has 3 rings (SSSR count). The predicted molar refractivity (Wildman–Crippen MR) is 66.5 cm³/mol. The lowest BCUT2D eigenvalue weighted by Crippen LogP contribution is -2.44. The predicted octanol–water partition coefficient (Wildman–Crippen LogP) is 1.71. The van der Waals surface area contributed by atoms with Gasteiger partial charge in [-0.25, -0.2) is 0 Å². The zero-order valence-corrected chi connectivity index (χ0v) is 10.4. The van der Waals surface area contributed by atoms with Crippen molar-refractivity contribution in [3.8, 4) is 0 Å². The van der Waals surface area contributed by atoms with Crippen LogP contribution in [0.5, 0.6) is 0 Å². The Hall–Kier alpha value is 0.270. The van der Waals surface area contributed by atoms with Gasteiger partial charge in [-0.2, -0.15) is 11.8 Å². The van der Waals surface area contributed by atoms with Crippen molar-refractivity contribution in [3.05, 3.63) is 0 Å². The molecule has 3 saturated heterocycles. The summed E-state index contributed by atoms with van der Waals surface area (Å²) in [6, 6.07) is 2.49. The molecule has 3 heterocycles. The van der Waals surface area contributed by atoms with Crippen LogP contribution in [0.4, 0.5) is 0 Å². The number of nitrogens with zero attached hydrogens (tertiary/aromatic N) is 1. The Kier molecular flexibility index (Phi) is 2.97. The number of hydrogen-bond donors (Lipinski definition) is 1. The molecule has 15 heavy (non-hydrogen) atoms. The van der Waals surface area contributed by atoms with Gasteiger partial charge in [0, 0.05) is 35.7 Å². The topological polar surface area (TPSA) is 15.3 Å². The van der Waals surface area contributed by atoms with Crippen LogP contribution in [0.3, 0.4) is 0 Å². The third-order valence-corrected chi connectivity index (χ3v) is 5.61. The minimum Gasteiger partial charge on any atom is -0.309 e. The van der Waals surface area contributed by atoms with Crippen molar-refractivity contribution < 1.29 is 0 Å². The van der Waals surface area contributed by atoms with Crippen LogP contribution >= 0.6 is 11.8 Å². The molecular formula is C12H22N2S. The maximum absolute atomic E-state index is 3.92. The first-order chi connectivity index (χ1) is 7.33. The first-order valence-corrected chi connectivity index (χ1v) is 7.49. The number of thioether (sulfide) groups is 1. The molecule has 4 atom stereocenters. The molecule has 1 N–H and O–H groups in total. The fraction of sp³-hybridized carbons (Fsp3) is 1.00. The molecule has 2 nitrogen and oxygen atoms in total. The van der Waals surface area contributed by atoms with Crippen LogP contribution in [0.2, 0.25) is 0 Å². The molecule has 0 amide bonds. The van der Waals surface area contributed by atoms with Gasteiger partial charge in [0.15, 0.2) is 0 Å². The van der Waals surface area contributed by atoms with E-state index in [1.807, 2.05) is 0 Å². The van der Waals surface area contributed by atoms with Crippen molar-refractivity contribution in [2.24, 2.45) is 0 Å². The zero-order valence-electron chi connectivity index (χ0n) is 9.61. The van der Waals surface area contributed by atoms with Gasteiger partial charge in [-0.3, -0.25) is 4.90 Å². The van der Waals surface area contributed by atoms with Crippen molar-refractivity contribution in [3.63, 3.8) is 0 Å². The lowest BCUT2D eigenvalue weighted by molar-refractivity contribution is 0.290. The third kappa shape index (κ3) is 2.06. The third-order valence-electron chi connectivity index (χ3n) is 4.25. The number of fused-ring (bicyclic) bond motifs is 1. The molecule has 3 heteroatoms. The fourth-order valence-corrected chi connectivity index (χ4v) is 4.67. The van der Waals surface area contributed by atoms with Crippen LogP contribution in [0, 0.1) is 0 Å². The van der Waals surface area contributed by atoms with E-state index >= 15 is 0 Å². The summed E-state index contributed by atoms with van der Waals surface area (Å²) in [5.74, 6) is 1.34. The quantitative estimate of drug-likeness (QED) is 0.771. The average Bonchev–Trinajstić information content (AvgIpc) is 2.85. The van der Waals surface area contributed by atoms with E-state index in [0.717, 1.165) is 23.4 Å². The van der Waals surface area contributed by atoms with Crippen molar-refractivity contribution in [2.45, 2.75) is 56.0 Å². The largest absolute Gasteiger partial charge is 0.309 e. The van der Waals surface area contributed by atoms with E-state index in [2.05, 4.69) is 28.9 Å². The highest BCUT2D eigenvalue weighted by Gasteiger charge is 2.38. The monoisotopic (exact) mass is 226 g/mol. The van der Waals surface area contributed by atoms with Crippen LogP contribution in [0.15, 0.2) is 0 Å². The van der Waals surface area contributed by atoms with Gasteiger partial charge in [-0.05, 0) is 32.2 Å². The van der Waals surface area contributed by atoms with E-state index in [1.54, 1.807) is 0 Å². The average molecular weight is 226 g/mol. The van der Waals surface area contributed by atoms with Crippen LogP contribution in [-0.4, -0.2) is 47.1 Å². The van der Waals surface area contributed by atoms with Gasteiger partial charge < -0.3 is 5.32 Å². The van der Waals surface area contributed by atoms with Gasteiger partial charge >= 0.3 is 0 Å². The van der Waals surface area contributed by atoms with E-state index in [-0.39, 0.29) is 0 Å². The molecule has 0 aliphatic carbocycles. The molecule has 0 aromatic heterocycles. The Bertz CT molecular complexity index is 234. The number of nitrogens with one attached hydrogen (secondary N) is 1. The van der Waals surface area contributed by atoms with Crippen molar-refractivity contribution in [1.29, 1.82) is 0 Å². The summed E-state index contributed by atoms with van der Waals surface area (Å²) >= 11 is 2.14. The Morgan fingerprint density at radius 1 is 1.27 bits per heavy atom. The van der Waals surface area contributed by atoms with Gasteiger partial charge in [0.25, 0.3) is 0 Å². The van der Waals surface area contributed by atoms with Gasteiger partial charge in [0.05, 0.1) is 0 Å². The van der Waals surface area contributed by atoms with Crippen LogP contribution in [-0.2, 0) is 0 Å². The lowest BCUT2D eigenvalue weighted by Gasteiger charge is -2.24. The molecule has 0 radical (unpaired) electrons. The molecule has 0 aromatic rings. The molecule has 86 valence electrons. The SMILES string of the molecule is CC1CC(NC2CCN3CCCC23)CS1. The second kappa shape index (κ2) is 4.27. The Morgan fingerprint density at radius 2 is 2.20 bits per heavy atom. The molecule has 0 aromatic carbocycles. The van der Waals surface area contributed by atoms with E-state index in [0.29, 0.717) is 0 Å². The summed E-state index contributed by atoms with van der Waals surface area (Å²) < 4.78 is 0. The number of hydrogen-bond acceptors (Lipinski definition) is 3. The highest BCUT2D eigenvalue weighted by Crippen LogP contribution is 2.31. The number of rotatable bonds is 2. The van der Waals surface area contributed by atoms with E-state index < -0.39 is 0 Å². The second-order valence-corrected chi connectivity index (χ2v) is 6.86. The summed E-state index contributed by atoms with van der Waals surface area (Å²) in [5, 5.41) is 4.80. The molecule has 0 saturated carbocycles. The molecule has 3 aliphatic heterocycles. The first-order valence-electron chi connectivity index (χ1n) is 6.44. The smallest absolute Gasteiger partial charge is 0.0250 e. The van der Waals surface area contributed by atoms with E-state index in [9.17, 15) is 0 Å². The van der Waals surface area contributed by atoms with Crippen molar-refractivity contribution in [2.75, 3.05) is 18.8 Å². The maximum Gasteiger partial charge on any atom is 0.0250 e. The Morgan fingerprint density at radius 3 is 3.00 bits per heavy atom. The molecule has 3 aliphatic rings. The zero-order chi connectivity index (χ0) is 10.3. The Balaban J connectivity index is 1.55. The standard InChI is InChI=1S/C12H22N2S/c1-9-7-10(8-15-9)13-11-4-6-14-5-2-3-12(11)14/h9-13H,2-8H2,1H3. The summed E-state index contributed by atoms with van der Waals surface area (Å²) in [7, 11) is 0. The highest BCUT2D eigenvalue weighted by atomic mass is 32.2. The normalized spacial score (nSPS) is 46.2. The van der Waals surface area contributed by atoms with Crippen molar-refractivity contribution >= 4 is 11.8 Å². The summed E-state index contributed by atoms with van der Waals surface area (Å²) in [5.41, 5.74) is 0. The van der Waals surface area contributed by atoms with Gasteiger partial charge in [0.1, 0.15) is 0 Å². The first kappa shape index (κ1) is 10.4. The summed E-state index contributed by atoms with van der Waals surface area (Å²) in [4.78, 5) is 2.70. The maximum atomic E-state index is 3.92.